The van der Waals surface area contributed by atoms with Crippen LogP contribution in [0.25, 0.3) is 0 Å². The van der Waals surface area contributed by atoms with Gasteiger partial charge in [-0.15, -0.1) is 0 Å². The quantitative estimate of drug-likeness (QED) is 0.635. The average Bonchev–Trinajstić information content (AvgIpc) is 2.43. The van der Waals surface area contributed by atoms with E-state index in [2.05, 4.69) is 5.32 Å². The van der Waals surface area contributed by atoms with E-state index in [4.69, 9.17) is 11.5 Å². The number of hydrogen-bond acceptors (Lipinski definition) is 4. The average molecular weight is 278 g/mol. The second-order valence-electron chi connectivity index (χ2n) is 4.54. The van der Waals surface area contributed by atoms with Gasteiger partial charge in [-0.2, -0.15) is 0 Å². The Labute approximate surface area is 119 Å². The van der Waals surface area contributed by atoms with Gasteiger partial charge in [0.1, 0.15) is 0 Å². The van der Waals surface area contributed by atoms with Gasteiger partial charge in [-0.25, -0.2) is 0 Å². The summed E-state index contributed by atoms with van der Waals surface area (Å²) in [6.07, 6.45) is 0.313. The maximum absolute atomic E-state index is 11.8. The first-order chi connectivity index (χ1) is 9.55. The van der Waals surface area contributed by atoms with Crippen molar-refractivity contribution in [1.82, 2.24) is 4.90 Å². The van der Waals surface area contributed by atoms with E-state index in [0.29, 0.717) is 26.1 Å². The molecule has 0 atom stereocenters. The standard InChI is InChI=1S/C14H22N4O2/c1-2-18(10-13(16)19)7-6-14(20)17-12-5-3-4-11(8-12)9-15/h3-5,8H,2,6-7,9-10,15H2,1H3,(H2,16,19)(H,17,20). The highest BCUT2D eigenvalue weighted by Crippen LogP contribution is 2.10. The number of anilines is 1. The largest absolute Gasteiger partial charge is 0.369 e. The number of benzene rings is 1. The van der Waals surface area contributed by atoms with Crippen LogP contribution in [0.3, 0.4) is 0 Å². The molecule has 6 heteroatoms. The summed E-state index contributed by atoms with van der Waals surface area (Å²) >= 11 is 0. The normalized spacial score (nSPS) is 10.6. The molecule has 0 spiro atoms. The summed E-state index contributed by atoms with van der Waals surface area (Å²) in [4.78, 5) is 24.5. The molecule has 0 heterocycles. The number of carbonyl (C=O) groups is 2. The monoisotopic (exact) mass is 278 g/mol. The first kappa shape index (κ1) is 16.1. The van der Waals surface area contributed by atoms with Crippen LogP contribution in [0.2, 0.25) is 0 Å². The molecule has 0 aromatic heterocycles. The summed E-state index contributed by atoms with van der Waals surface area (Å²) in [5, 5.41) is 2.81. The van der Waals surface area contributed by atoms with Gasteiger partial charge in [0.05, 0.1) is 6.54 Å². The van der Waals surface area contributed by atoms with Crippen LogP contribution < -0.4 is 16.8 Å². The van der Waals surface area contributed by atoms with Crippen molar-refractivity contribution in [2.45, 2.75) is 19.9 Å². The van der Waals surface area contributed by atoms with Gasteiger partial charge in [0, 0.05) is 25.2 Å². The minimum absolute atomic E-state index is 0.0953. The topological polar surface area (TPSA) is 101 Å². The van der Waals surface area contributed by atoms with E-state index in [1.165, 1.54) is 0 Å². The van der Waals surface area contributed by atoms with Gasteiger partial charge < -0.3 is 16.8 Å². The molecule has 0 aliphatic rings. The van der Waals surface area contributed by atoms with E-state index < -0.39 is 0 Å². The van der Waals surface area contributed by atoms with Gasteiger partial charge in [0.15, 0.2) is 0 Å². The van der Waals surface area contributed by atoms with Gasteiger partial charge in [-0.3, -0.25) is 14.5 Å². The molecule has 0 saturated heterocycles. The second-order valence-corrected chi connectivity index (χ2v) is 4.54. The number of amides is 2. The predicted octanol–water partition coefficient (Wildman–Crippen LogP) is 0.281. The molecule has 0 fully saturated rings. The summed E-state index contributed by atoms with van der Waals surface area (Å²) < 4.78 is 0. The number of hydrogen-bond donors (Lipinski definition) is 3. The van der Waals surface area contributed by atoms with Crippen LogP contribution >= 0.6 is 0 Å². The number of nitrogens with two attached hydrogens (primary N) is 2. The molecule has 20 heavy (non-hydrogen) atoms. The third-order valence-electron chi connectivity index (χ3n) is 2.93. The van der Waals surface area contributed by atoms with Gasteiger partial charge in [-0.05, 0) is 24.2 Å². The van der Waals surface area contributed by atoms with Crippen LogP contribution in [-0.2, 0) is 16.1 Å². The molecular formula is C14H22N4O2. The Kier molecular flexibility index (Phi) is 6.69. The maximum Gasteiger partial charge on any atom is 0.231 e. The molecule has 0 bridgehead atoms. The van der Waals surface area contributed by atoms with Crippen molar-refractivity contribution >= 4 is 17.5 Å². The first-order valence-electron chi connectivity index (χ1n) is 6.64. The van der Waals surface area contributed by atoms with Gasteiger partial charge in [0.25, 0.3) is 0 Å². The molecule has 0 radical (unpaired) electrons. The maximum atomic E-state index is 11.8. The SMILES string of the molecule is CCN(CCC(=O)Nc1cccc(CN)c1)CC(N)=O. The van der Waals surface area contributed by atoms with Crippen molar-refractivity contribution in [3.05, 3.63) is 29.8 Å². The minimum atomic E-state index is -0.386. The Balaban J connectivity index is 2.44. The molecule has 6 nitrogen and oxygen atoms in total. The lowest BCUT2D eigenvalue weighted by molar-refractivity contribution is -0.120. The number of rotatable bonds is 8. The van der Waals surface area contributed by atoms with E-state index in [-0.39, 0.29) is 18.4 Å². The van der Waals surface area contributed by atoms with Crippen molar-refractivity contribution in [2.24, 2.45) is 11.5 Å². The Morgan fingerprint density at radius 1 is 1.35 bits per heavy atom. The van der Waals surface area contributed by atoms with E-state index in [9.17, 15) is 9.59 Å². The summed E-state index contributed by atoms with van der Waals surface area (Å²) in [7, 11) is 0. The molecule has 0 aliphatic heterocycles. The highest BCUT2D eigenvalue weighted by Gasteiger charge is 2.09. The zero-order valence-electron chi connectivity index (χ0n) is 11.8. The third kappa shape index (κ3) is 5.81. The minimum Gasteiger partial charge on any atom is -0.369 e. The molecule has 0 aliphatic carbocycles. The number of nitrogens with one attached hydrogen (secondary N) is 1. The molecule has 2 amide bonds. The lowest BCUT2D eigenvalue weighted by Crippen LogP contribution is -2.35. The van der Waals surface area contributed by atoms with E-state index in [0.717, 1.165) is 11.3 Å². The summed E-state index contributed by atoms with van der Waals surface area (Å²) in [6.45, 7) is 3.71. The molecule has 5 N–H and O–H groups in total. The lowest BCUT2D eigenvalue weighted by atomic mass is 10.2. The van der Waals surface area contributed by atoms with E-state index in [1.54, 1.807) is 0 Å². The lowest BCUT2D eigenvalue weighted by Gasteiger charge is -2.17. The summed E-state index contributed by atoms with van der Waals surface area (Å²) in [6, 6.07) is 7.42. The Bertz CT molecular complexity index is 462. The first-order valence-corrected chi connectivity index (χ1v) is 6.64. The summed E-state index contributed by atoms with van der Waals surface area (Å²) in [5.41, 5.74) is 12.4. The fourth-order valence-corrected chi connectivity index (χ4v) is 1.83. The van der Waals surface area contributed by atoms with Gasteiger partial charge >= 0.3 is 0 Å². The zero-order chi connectivity index (χ0) is 15.0. The van der Waals surface area contributed by atoms with Crippen molar-refractivity contribution < 1.29 is 9.59 Å². The van der Waals surface area contributed by atoms with Crippen LogP contribution in [0, 0.1) is 0 Å². The Morgan fingerprint density at radius 2 is 2.10 bits per heavy atom. The second kappa shape index (κ2) is 8.29. The van der Waals surface area contributed by atoms with Crippen LogP contribution in [0.4, 0.5) is 5.69 Å². The Morgan fingerprint density at radius 3 is 2.70 bits per heavy atom. The molecule has 0 unspecified atom stereocenters. The highest BCUT2D eigenvalue weighted by atomic mass is 16.2. The van der Waals surface area contributed by atoms with Crippen LogP contribution in [-0.4, -0.2) is 36.3 Å². The molecule has 0 saturated carbocycles. The third-order valence-corrected chi connectivity index (χ3v) is 2.93. The summed E-state index contributed by atoms with van der Waals surface area (Å²) in [5.74, 6) is -0.481. The molecule has 1 aromatic rings. The van der Waals surface area contributed by atoms with E-state index >= 15 is 0 Å². The number of likely N-dealkylation sites (N-methyl/N-ethyl adjacent to an activating group) is 1. The molecule has 1 rings (SSSR count). The fourth-order valence-electron chi connectivity index (χ4n) is 1.83. The fraction of sp³-hybridized carbons (Fsp3) is 0.429. The highest BCUT2D eigenvalue weighted by molar-refractivity contribution is 5.90. The zero-order valence-corrected chi connectivity index (χ0v) is 11.8. The van der Waals surface area contributed by atoms with Crippen molar-refractivity contribution in [2.75, 3.05) is 25.0 Å². The van der Waals surface area contributed by atoms with Gasteiger partial charge in [0.2, 0.25) is 11.8 Å². The van der Waals surface area contributed by atoms with Crippen molar-refractivity contribution in [1.29, 1.82) is 0 Å². The number of nitrogens with zero attached hydrogens (tertiary/aromatic N) is 1. The predicted molar refractivity (Wildman–Crippen MR) is 78.9 cm³/mol. The smallest absolute Gasteiger partial charge is 0.231 e. The van der Waals surface area contributed by atoms with Gasteiger partial charge in [-0.1, -0.05) is 19.1 Å². The number of primary amides is 1. The molecular weight excluding hydrogens is 256 g/mol. The van der Waals surface area contributed by atoms with Crippen LogP contribution in [0.15, 0.2) is 24.3 Å². The van der Waals surface area contributed by atoms with Crippen molar-refractivity contribution in [3.8, 4) is 0 Å². The molecule has 1 aromatic carbocycles. The van der Waals surface area contributed by atoms with E-state index in [1.807, 2.05) is 36.1 Å². The van der Waals surface area contributed by atoms with Crippen LogP contribution in [0.1, 0.15) is 18.9 Å². The van der Waals surface area contributed by atoms with Crippen molar-refractivity contribution in [3.63, 3.8) is 0 Å². The Hall–Kier alpha value is -1.92. The van der Waals surface area contributed by atoms with Crippen LogP contribution in [0.5, 0.6) is 0 Å². The molecule has 110 valence electrons. The number of carbonyl (C=O) groups excluding carboxylic acids is 2.